The first-order valence-corrected chi connectivity index (χ1v) is 4.57. The van der Waals surface area contributed by atoms with Crippen molar-refractivity contribution in [2.24, 2.45) is 0 Å². The molecule has 0 fully saturated rings. The second-order valence-electron chi connectivity index (χ2n) is 2.95. The van der Waals surface area contributed by atoms with Gasteiger partial charge in [0.1, 0.15) is 11.5 Å². The van der Waals surface area contributed by atoms with Crippen molar-refractivity contribution in [1.29, 1.82) is 0 Å². The quantitative estimate of drug-likeness (QED) is 0.808. The van der Waals surface area contributed by atoms with Crippen molar-refractivity contribution in [2.75, 3.05) is 7.11 Å². The number of carboxylic acid groups (broad SMARTS) is 1. The average Bonchev–Trinajstić information content (AvgIpc) is 2.26. The molecule has 1 rings (SSSR count). The van der Waals surface area contributed by atoms with Crippen LogP contribution in [0.25, 0.3) is 6.08 Å². The zero-order valence-corrected chi connectivity index (χ0v) is 8.89. The van der Waals surface area contributed by atoms with E-state index in [9.17, 15) is 13.6 Å². The minimum atomic E-state index is -2.99. The van der Waals surface area contributed by atoms with Crippen molar-refractivity contribution in [3.05, 3.63) is 29.8 Å². The van der Waals surface area contributed by atoms with Crippen LogP contribution in [0.5, 0.6) is 11.5 Å². The van der Waals surface area contributed by atoms with E-state index < -0.39 is 12.6 Å². The Hall–Kier alpha value is -2.11. The van der Waals surface area contributed by atoms with E-state index in [4.69, 9.17) is 9.84 Å². The third kappa shape index (κ3) is 4.10. The lowest BCUT2D eigenvalue weighted by atomic mass is 10.2. The molecular weight excluding hydrogens is 234 g/mol. The lowest BCUT2D eigenvalue weighted by Gasteiger charge is -2.09. The highest BCUT2D eigenvalue weighted by Gasteiger charge is 2.09. The van der Waals surface area contributed by atoms with Crippen molar-refractivity contribution in [2.45, 2.75) is 6.61 Å². The van der Waals surface area contributed by atoms with Crippen LogP contribution in [0, 0.1) is 0 Å². The van der Waals surface area contributed by atoms with Gasteiger partial charge < -0.3 is 14.6 Å². The van der Waals surface area contributed by atoms with Crippen molar-refractivity contribution >= 4 is 12.0 Å². The van der Waals surface area contributed by atoms with E-state index in [2.05, 4.69) is 4.74 Å². The Labute approximate surface area is 96.1 Å². The molecule has 4 nitrogen and oxygen atoms in total. The highest BCUT2D eigenvalue weighted by Crippen LogP contribution is 2.27. The van der Waals surface area contributed by atoms with E-state index in [1.807, 2.05) is 0 Å². The van der Waals surface area contributed by atoms with Gasteiger partial charge in [-0.05, 0) is 18.2 Å². The molecule has 0 heterocycles. The summed E-state index contributed by atoms with van der Waals surface area (Å²) in [6.07, 6.45) is 2.00. The third-order valence-corrected chi connectivity index (χ3v) is 1.84. The Morgan fingerprint density at radius 1 is 1.47 bits per heavy atom. The number of methoxy groups -OCH3 is 1. The fraction of sp³-hybridized carbons (Fsp3) is 0.182. The molecule has 0 bridgehead atoms. The van der Waals surface area contributed by atoms with Crippen molar-refractivity contribution in [3.63, 3.8) is 0 Å². The van der Waals surface area contributed by atoms with Crippen molar-refractivity contribution in [1.82, 2.24) is 0 Å². The molecule has 0 aliphatic rings. The normalized spacial score (nSPS) is 10.8. The molecule has 0 spiro atoms. The standard InChI is InChI=1S/C11H10F2O4/c1-16-8-4-2-7(3-5-10(14)15)9(6-8)17-11(12)13/h2-6,11H,1H3,(H,14,15). The summed E-state index contributed by atoms with van der Waals surface area (Å²) in [4.78, 5) is 10.3. The van der Waals surface area contributed by atoms with Crippen LogP contribution < -0.4 is 9.47 Å². The average molecular weight is 244 g/mol. The van der Waals surface area contributed by atoms with Crippen LogP contribution in [0.15, 0.2) is 24.3 Å². The largest absolute Gasteiger partial charge is 0.497 e. The van der Waals surface area contributed by atoms with Gasteiger partial charge in [0.15, 0.2) is 0 Å². The molecule has 92 valence electrons. The fourth-order valence-electron chi connectivity index (χ4n) is 1.14. The molecule has 1 aromatic carbocycles. The van der Waals surface area contributed by atoms with E-state index in [-0.39, 0.29) is 11.3 Å². The second kappa shape index (κ2) is 5.83. The molecule has 1 N–H and O–H groups in total. The number of aliphatic carboxylic acids is 1. The molecule has 0 aromatic heterocycles. The zero-order chi connectivity index (χ0) is 12.8. The number of carboxylic acids is 1. The molecular formula is C11H10F2O4. The van der Waals surface area contributed by atoms with Crippen LogP contribution in [0.3, 0.4) is 0 Å². The predicted octanol–water partition coefficient (Wildman–Crippen LogP) is 2.39. The first-order valence-electron chi connectivity index (χ1n) is 4.57. The molecule has 1 aromatic rings. The Kier molecular flexibility index (Phi) is 4.45. The highest BCUT2D eigenvalue weighted by molar-refractivity contribution is 5.86. The van der Waals surface area contributed by atoms with Gasteiger partial charge in [-0.25, -0.2) is 4.79 Å². The maximum absolute atomic E-state index is 12.1. The summed E-state index contributed by atoms with van der Waals surface area (Å²) in [6.45, 7) is -2.99. The molecule has 0 atom stereocenters. The minimum Gasteiger partial charge on any atom is -0.497 e. The molecule has 0 aliphatic heterocycles. The van der Waals surface area contributed by atoms with Gasteiger partial charge in [-0.1, -0.05) is 0 Å². The summed E-state index contributed by atoms with van der Waals surface area (Å²) in [6, 6.07) is 4.20. The Bertz CT molecular complexity index is 429. The molecule has 0 unspecified atom stereocenters. The van der Waals surface area contributed by atoms with Crippen LogP contribution in [0.1, 0.15) is 5.56 Å². The minimum absolute atomic E-state index is 0.142. The number of hydrogen-bond donors (Lipinski definition) is 1. The number of alkyl halides is 2. The van der Waals surface area contributed by atoms with Gasteiger partial charge in [-0.2, -0.15) is 8.78 Å². The molecule has 17 heavy (non-hydrogen) atoms. The predicted molar refractivity (Wildman–Crippen MR) is 56.3 cm³/mol. The molecule has 0 amide bonds. The molecule has 6 heteroatoms. The van der Waals surface area contributed by atoms with E-state index in [1.165, 1.54) is 31.4 Å². The molecule has 0 saturated heterocycles. The van der Waals surface area contributed by atoms with Crippen LogP contribution in [-0.2, 0) is 4.79 Å². The summed E-state index contributed by atoms with van der Waals surface area (Å²) in [5, 5.41) is 8.45. The van der Waals surface area contributed by atoms with E-state index >= 15 is 0 Å². The summed E-state index contributed by atoms with van der Waals surface area (Å²) in [5.41, 5.74) is 0.230. The van der Waals surface area contributed by atoms with Gasteiger partial charge in [0.05, 0.1) is 7.11 Å². The summed E-state index contributed by atoms with van der Waals surface area (Å²) in [7, 11) is 1.38. The third-order valence-electron chi connectivity index (χ3n) is 1.84. The monoisotopic (exact) mass is 244 g/mol. The summed E-state index contributed by atoms with van der Waals surface area (Å²) >= 11 is 0. The lowest BCUT2D eigenvalue weighted by molar-refractivity contribution is -0.131. The second-order valence-corrected chi connectivity index (χ2v) is 2.95. The Morgan fingerprint density at radius 2 is 2.18 bits per heavy atom. The molecule has 0 aliphatic carbocycles. The molecule has 0 radical (unpaired) electrons. The van der Waals surface area contributed by atoms with Gasteiger partial charge in [0.25, 0.3) is 0 Å². The summed E-state index contributed by atoms with van der Waals surface area (Å²) in [5.74, 6) is -0.978. The lowest BCUT2D eigenvalue weighted by Crippen LogP contribution is -2.03. The van der Waals surface area contributed by atoms with Gasteiger partial charge in [-0.15, -0.1) is 0 Å². The van der Waals surface area contributed by atoms with Crippen LogP contribution in [0.4, 0.5) is 8.78 Å². The van der Waals surface area contributed by atoms with Crippen LogP contribution >= 0.6 is 0 Å². The van der Waals surface area contributed by atoms with Gasteiger partial charge in [0, 0.05) is 17.7 Å². The summed E-state index contributed by atoms with van der Waals surface area (Å²) < 4.78 is 33.4. The van der Waals surface area contributed by atoms with Crippen molar-refractivity contribution in [3.8, 4) is 11.5 Å². The number of carbonyl (C=O) groups is 1. The number of ether oxygens (including phenoxy) is 2. The topological polar surface area (TPSA) is 55.8 Å². The SMILES string of the molecule is COc1ccc(C=CC(=O)O)c(OC(F)F)c1. The maximum Gasteiger partial charge on any atom is 0.387 e. The van der Waals surface area contributed by atoms with Crippen LogP contribution in [0.2, 0.25) is 0 Å². The maximum atomic E-state index is 12.1. The Balaban J connectivity index is 3.05. The van der Waals surface area contributed by atoms with E-state index in [0.717, 1.165) is 6.08 Å². The smallest absolute Gasteiger partial charge is 0.387 e. The Morgan fingerprint density at radius 3 is 2.71 bits per heavy atom. The van der Waals surface area contributed by atoms with Crippen LogP contribution in [-0.4, -0.2) is 24.8 Å². The highest BCUT2D eigenvalue weighted by atomic mass is 19.3. The zero-order valence-electron chi connectivity index (χ0n) is 8.89. The number of benzene rings is 1. The first kappa shape index (κ1) is 13.0. The van der Waals surface area contributed by atoms with Gasteiger partial charge >= 0.3 is 12.6 Å². The number of hydrogen-bond acceptors (Lipinski definition) is 3. The van der Waals surface area contributed by atoms with E-state index in [0.29, 0.717) is 5.75 Å². The number of rotatable bonds is 5. The van der Waals surface area contributed by atoms with E-state index in [1.54, 1.807) is 0 Å². The van der Waals surface area contributed by atoms with Gasteiger partial charge in [-0.3, -0.25) is 0 Å². The first-order chi connectivity index (χ1) is 8.02. The molecule has 0 saturated carbocycles. The number of halogens is 2. The van der Waals surface area contributed by atoms with Crippen molar-refractivity contribution < 1.29 is 28.2 Å². The van der Waals surface area contributed by atoms with Gasteiger partial charge in [0.2, 0.25) is 0 Å². The fourth-order valence-corrected chi connectivity index (χ4v) is 1.14.